The molecule has 1 amide bonds. The van der Waals surface area contributed by atoms with Gasteiger partial charge in [0.25, 0.3) is 0 Å². The van der Waals surface area contributed by atoms with E-state index in [2.05, 4.69) is 27.7 Å². The molecule has 21 heteroatoms. The SMILES string of the molecule is BBc1c[nH]c(CN(C(=O)OCCOc2ccc3c(c2)CCC2C3CCC3(C)C(OCCCOC(C(F)(F)F)(C(F)(F)F)C(F)(F)F)CCC23)C2CCSSC2)n1. The Kier molecular flexibility index (Phi) is 13.7. The molecule has 2 aromatic rings. The van der Waals surface area contributed by atoms with E-state index in [-0.39, 0.29) is 43.3 Å². The number of rotatable bonds is 14. The van der Waals surface area contributed by atoms with Gasteiger partial charge in [-0.2, -0.15) is 39.5 Å². The van der Waals surface area contributed by atoms with Crippen LogP contribution in [0.1, 0.15) is 74.7 Å². The van der Waals surface area contributed by atoms with Crippen LogP contribution >= 0.6 is 21.6 Å². The Morgan fingerprint density at radius 3 is 2.40 bits per heavy atom. The highest BCUT2D eigenvalue weighted by Crippen LogP contribution is 2.62. The number of ether oxygens (including phenoxy) is 4. The van der Waals surface area contributed by atoms with Crippen LogP contribution in [-0.2, 0) is 27.2 Å². The van der Waals surface area contributed by atoms with Gasteiger partial charge in [0.1, 0.15) is 32.0 Å². The van der Waals surface area contributed by atoms with E-state index >= 15 is 0 Å². The summed E-state index contributed by atoms with van der Waals surface area (Å²) in [6.45, 7) is 0.918. The highest BCUT2D eigenvalue weighted by molar-refractivity contribution is 8.76. The molecule has 4 aliphatic rings. The van der Waals surface area contributed by atoms with Gasteiger partial charge in [-0.25, -0.2) is 9.78 Å². The maximum Gasteiger partial charge on any atom is 0.435 e. The Balaban J connectivity index is 0.985. The average Bonchev–Trinajstić information content (AvgIpc) is 3.75. The quantitative estimate of drug-likeness (QED) is 0.0921. The van der Waals surface area contributed by atoms with E-state index < -0.39 is 43.3 Å². The molecule has 6 unspecified atom stereocenters. The predicted molar refractivity (Wildman–Crippen MR) is 202 cm³/mol. The van der Waals surface area contributed by atoms with Gasteiger partial charge in [-0.3, -0.25) is 4.90 Å². The molecule has 2 heterocycles. The second-order valence-corrected chi connectivity index (χ2v) is 18.1. The van der Waals surface area contributed by atoms with E-state index in [1.165, 1.54) is 11.1 Å². The molecule has 316 valence electrons. The summed E-state index contributed by atoms with van der Waals surface area (Å²) >= 11 is 0. The van der Waals surface area contributed by atoms with Gasteiger partial charge in [0, 0.05) is 35.9 Å². The van der Waals surface area contributed by atoms with E-state index in [0.717, 1.165) is 68.6 Å². The van der Waals surface area contributed by atoms with Crippen molar-refractivity contribution < 1.29 is 63.3 Å². The molecule has 2 saturated carbocycles. The van der Waals surface area contributed by atoms with Gasteiger partial charge in [0.15, 0.2) is 0 Å². The smallest absolute Gasteiger partial charge is 0.435 e. The lowest BCUT2D eigenvalue weighted by molar-refractivity contribution is -0.457. The number of halogens is 9. The fourth-order valence-corrected chi connectivity index (χ4v) is 11.8. The number of hydrogen-bond acceptors (Lipinski definition) is 8. The molecule has 3 aliphatic carbocycles. The molecule has 6 atom stereocenters. The Labute approximate surface area is 334 Å². The number of carbonyl (C=O) groups excluding carboxylic acids is 1. The van der Waals surface area contributed by atoms with E-state index in [9.17, 15) is 44.3 Å². The molecule has 1 aliphatic heterocycles. The first-order chi connectivity index (χ1) is 26.9. The monoisotopic (exact) mass is 857 g/mol. The zero-order valence-corrected chi connectivity index (χ0v) is 33.3. The van der Waals surface area contributed by atoms with Gasteiger partial charge < -0.3 is 23.9 Å². The van der Waals surface area contributed by atoms with Crippen LogP contribution in [0.3, 0.4) is 0 Å². The van der Waals surface area contributed by atoms with Crippen LogP contribution in [0, 0.1) is 17.3 Å². The minimum Gasteiger partial charge on any atom is -0.490 e. The third-order valence-electron chi connectivity index (χ3n) is 12.2. The van der Waals surface area contributed by atoms with E-state index in [4.69, 9.17) is 14.2 Å². The molecule has 1 aromatic heterocycles. The van der Waals surface area contributed by atoms with Crippen LogP contribution in [0.4, 0.5) is 44.3 Å². The second kappa shape index (κ2) is 17.7. The number of amides is 1. The van der Waals surface area contributed by atoms with Crippen molar-refractivity contribution in [2.45, 2.75) is 107 Å². The topological polar surface area (TPSA) is 85.9 Å². The van der Waals surface area contributed by atoms with Crippen LogP contribution in [0.5, 0.6) is 5.75 Å². The summed E-state index contributed by atoms with van der Waals surface area (Å²) in [4.78, 5) is 22.7. The first-order valence-electron chi connectivity index (χ1n) is 19.3. The van der Waals surface area contributed by atoms with Crippen molar-refractivity contribution in [2.24, 2.45) is 17.3 Å². The van der Waals surface area contributed by atoms with Gasteiger partial charge in [-0.1, -0.05) is 34.6 Å². The van der Waals surface area contributed by atoms with Gasteiger partial charge in [0.2, 0.25) is 0 Å². The summed E-state index contributed by atoms with van der Waals surface area (Å²) in [6.07, 6.45) is -14.0. The van der Waals surface area contributed by atoms with Crippen LogP contribution in [0.25, 0.3) is 0 Å². The molecular weight excluding hydrogens is 811 g/mol. The van der Waals surface area contributed by atoms with Crippen LogP contribution < -0.4 is 10.3 Å². The van der Waals surface area contributed by atoms with Gasteiger partial charge in [-0.15, -0.1) is 0 Å². The van der Waals surface area contributed by atoms with Crippen LogP contribution in [-0.4, -0.2) is 110 Å². The van der Waals surface area contributed by atoms with Crippen LogP contribution in [0.2, 0.25) is 0 Å². The third kappa shape index (κ3) is 9.20. The number of benzene rings is 1. The fourth-order valence-electron chi connectivity index (χ4n) is 9.35. The van der Waals surface area contributed by atoms with Crippen molar-refractivity contribution in [3.8, 4) is 5.75 Å². The number of nitrogens with zero attached hydrogens (tertiary/aromatic N) is 2. The lowest BCUT2D eigenvalue weighted by atomic mass is 9.54. The summed E-state index contributed by atoms with van der Waals surface area (Å²) < 4.78 is 140. The maximum atomic E-state index is 13.3. The summed E-state index contributed by atoms with van der Waals surface area (Å²) in [6, 6.07) is 6.10. The lowest BCUT2D eigenvalue weighted by Crippen LogP contribution is -2.67. The van der Waals surface area contributed by atoms with Gasteiger partial charge in [-0.05, 0) is 97.8 Å². The lowest BCUT2D eigenvalue weighted by Gasteiger charge is -2.50. The predicted octanol–water partition coefficient (Wildman–Crippen LogP) is 7.26. The highest BCUT2D eigenvalue weighted by atomic mass is 33.1. The van der Waals surface area contributed by atoms with Crippen LogP contribution in [0.15, 0.2) is 24.4 Å². The summed E-state index contributed by atoms with van der Waals surface area (Å²) in [5, 5.41) is 0. The number of aryl methyl sites for hydroxylation is 1. The first-order valence-corrected chi connectivity index (χ1v) is 21.8. The van der Waals surface area contributed by atoms with Crippen molar-refractivity contribution in [2.75, 3.05) is 37.9 Å². The molecular formula is C36H46B2F9N3O5S2. The number of fused-ring (bicyclic) bond motifs is 5. The van der Waals surface area contributed by atoms with Crippen molar-refractivity contribution in [3.63, 3.8) is 0 Å². The summed E-state index contributed by atoms with van der Waals surface area (Å²) in [7, 11) is 6.36. The maximum absolute atomic E-state index is 13.3. The molecule has 8 nitrogen and oxygen atoms in total. The number of aromatic amines is 1. The number of hydrogen-bond donors (Lipinski definition) is 1. The minimum absolute atomic E-state index is 0.0418. The summed E-state index contributed by atoms with van der Waals surface area (Å²) in [5.74, 6) is 4.05. The van der Waals surface area contributed by atoms with Gasteiger partial charge >= 0.3 is 30.2 Å². The largest absolute Gasteiger partial charge is 0.490 e. The minimum atomic E-state index is -6.75. The standard InChI is InChI=1S/C36H46B2F9N3O5S2/c1-32-11-9-25-24-6-4-23(52-14-15-54-31(51)50(22-10-16-56-57-20-22)19-30-48-18-29(38-37)49-30)17-21(24)3-5-26(25)27(32)7-8-28(32)53-12-2-13-55-33(34(39,40)41,35(42,43)44)36(45,46)47/h4,6,17-18,22,25-28,38H,2-3,5,7-16,19-20,37H2,1H3,(H,48,49). The normalized spacial score (nSPS) is 26.6. The van der Waals surface area contributed by atoms with Crippen molar-refractivity contribution >= 4 is 48.2 Å². The molecule has 1 aromatic carbocycles. The molecule has 57 heavy (non-hydrogen) atoms. The highest BCUT2D eigenvalue weighted by Gasteiger charge is 2.85. The molecule has 3 fully saturated rings. The van der Waals surface area contributed by atoms with E-state index in [0.29, 0.717) is 30.6 Å². The number of aromatic nitrogens is 2. The zero-order valence-electron chi connectivity index (χ0n) is 31.7. The Bertz CT molecular complexity index is 1640. The Morgan fingerprint density at radius 1 is 0.982 bits per heavy atom. The fraction of sp³-hybridized carbons (Fsp3) is 0.722. The Morgan fingerprint density at radius 2 is 1.74 bits per heavy atom. The third-order valence-corrected chi connectivity index (χ3v) is 14.7. The number of carbonyl (C=O) groups is 1. The molecule has 0 spiro atoms. The average molecular weight is 858 g/mol. The number of nitrogens with one attached hydrogen (secondary N) is 1. The molecule has 1 saturated heterocycles. The number of H-pyrrole nitrogens is 1. The molecule has 0 bridgehead atoms. The Hall–Kier alpha value is -2.38. The van der Waals surface area contributed by atoms with Crippen molar-refractivity contribution in [3.05, 3.63) is 41.3 Å². The number of alkyl halides is 9. The zero-order chi connectivity index (χ0) is 41.2. The molecule has 1 N–H and O–H groups in total. The van der Waals surface area contributed by atoms with Gasteiger partial charge in [0.05, 0.1) is 27.0 Å². The second-order valence-electron chi connectivity index (χ2n) is 15.5. The van der Waals surface area contributed by atoms with Crippen molar-refractivity contribution in [1.29, 1.82) is 0 Å². The van der Waals surface area contributed by atoms with E-state index in [1.807, 2.05) is 26.1 Å². The van der Waals surface area contributed by atoms with Crippen molar-refractivity contribution in [1.82, 2.24) is 14.9 Å². The molecule has 0 radical (unpaired) electrons. The first kappa shape index (κ1) is 44.2. The molecule has 6 rings (SSSR count). The summed E-state index contributed by atoms with van der Waals surface area (Å²) in [5.41, 5.74) is -3.20. The van der Waals surface area contributed by atoms with E-state index in [1.54, 1.807) is 26.5 Å². The number of imidazole rings is 1.